The molecule has 5 nitrogen and oxygen atoms in total. The van der Waals surface area contributed by atoms with E-state index in [4.69, 9.17) is 4.74 Å². The number of rotatable bonds is 7. The maximum Gasteiger partial charge on any atom is 0.416 e. The van der Waals surface area contributed by atoms with Crippen molar-refractivity contribution in [2.45, 2.75) is 25.3 Å². The van der Waals surface area contributed by atoms with E-state index in [0.717, 1.165) is 5.56 Å². The van der Waals surface area contributed by atoms with E-state index in [1.54, 1.807) is 13.0 Å². The first-order chi connectivity index (χ1) is 16.8. The smallest absolute Gasteiger partial charge is 0.416 e. The maximum atomic E-state index is 13.0. The van der Waals surface area contributed by atoms with E-state index < -0.39 is 47.7 Å². The minimum atomic E-state index is -5.05. The highest BCUT2D eigenvalue weighted by Crippen LogP contribution is 2.38. The van der Waals surface area contributed by atoms with Crippen molar-refractivity contribution in [1.82, 2.24) is 5.32 Å². The van der Waals surface area contributed by atoms with Gasteiger partial charge in [0.2, 0.25) is 0 Å². The molecule has 36 heavy (non-hydrogen) atoms. The third-order valence-corrected chi connectivity index (χ3v) is 5.02. The predicted molar refractivity (Wildman–Crippen MR) is 119 cm³/mol. The van der Waals surface area contributed by atoms with Crippen LogP contribution in [0.25, 0.3) is 0 Å². The van der Waals surface area contributed by atoms with Gasteiger partial charge < -0.3 is 15.4 Å². The van der Waals surface area contributed by atoms with Gasteiger partial charge >= 0.3 is 12.4 Å². The third-order valence-electron chi connectivity index (χ3n) is 5.02. The number of alkyl halides is 6. The monoisotopic (exact) mass is 510 g/mol. The molecule has 0 aromatic heterocycles. The molecule has 0 heterocycles. The SMILES string of the molecule is C[C@H](NC(=O)c1ccccc1NC(=O)COc1cc(C(F)(F)F)cc(C(F)(F)F)c1)c1ccccc1. The lowest BCUT2D eigenvalue weighted by atomic mass is 10.1. The molecule has 0 spiro atoms. The van der Waals surface area contributed by atoms with Gasteiger partial charge in [0.25, 0.3) is 11.8 Å². The molecule has 2 amide bonds. The highest BCUT2D eigenvalue weighted by atomic mass is 19.4. The Hall–Kier alpha value is -4.02. The molecule has 0 saturated heterocycles. The highest BCUT2D eigenvalue weighted by Gasteiger charge is 2.37. The zero-order valence-electron chi connectivity index (χ0n) is 18.7. The summed E-state index contributed by atoms with van der Waals surface area (Å²) in [5.41, 5.74) is -2.10. The van der Waals surface area contributed by atoms with Gasteiger partial charge in [0, 0.05) is 0 Å². The molecule has 11 heteroatoms. The van der Waals surface area contributed by atoms with Crippen LogP contribution < -0.4 is 15.4 Å². The fraction of sp³-hybridized carbons (Fsp3) is 0.200. The fourth-order valence-electron chi connectivity index (χ4n) is 3.23. The lowest BCUT2D eigenvalue weighted by Crippen LogP contribution is -2.28. The van der Waals surface area contributed by atoms with E-state index >= 15 is 0 Å². The fourth-order valence-corrected chi connectivity index (χ4v) is 3.23. The first-order valence-corrected chi connectivity index (χ1v) is 10.5. The Kier molecular flexibility index (Phi) is 7.91. The summed E-state index contributed by atoms with van der Waals surface area (Å²) in [6.07, 6.45) is -10.1. The summed E-state index contributed by atoms with van der Waals surface area (Å²) in [4.78, 5) is 25.1. The minimum Gasteiger partial charge on any atom is -0.484 e. The van der Waals surface area contributed by atoms with Crippen molar-refractivity contribution in [3.63, 3.8) is 0 Å². The molecule has 0 radical (unpaired) electrons. The van der Waals surface area contributed by atoms with E-state index in [1.807, 2.05) is 30.3 Å². The van der Waals surface area contributed by atoms with Crippen molar-refractivity contribution in [2.75, 3.05) is 11.9 Å². The van der Waals surface area contributed by atoms with Gasteiger partial charge in [-0.2, -0.15) is 26.3 Å². The summed E-state index contributed by atoms with van der Waals surface area (Å²) >= 11 is 0. The van der Waals surface area contributed by atoms with E-state index in [2.05, 4.69) is 10.6 Å². The molecule has 0 bridgehead atoms. The minimum absolute atomic E-state index is 0.0434. The Morgan fingerprint density at radius 1 is 0.833 bits per heavy atom. The molecule has 2 N–H and O–H groups in total. The first-order valence-electron chi connectivity index (χ1n) is 10.5. The summed E-state index contributed by atoms with van der Waals surface area (Å²) in [5, 5.41) is 5.19. The number of nitrogens with one attached hydrogen (secondary N) is 2. The molecule has 3 rings (SSSR count). The summed E-state index contributed by atoms with van der Waals surface area (Å²) in [5.74, 6) is -2.18. The van der Waals surface area contributed by atoms with E-state index in [-0.39, 0.29) is 23.4 Å². The van der Waals surface area contributed by atoms with Crippen molar-refractivity contribution >= 4 is 17.5 Å². The van der Waals surface area contributed by atoms with Crippen LogP contribution in [-0.2, 0) is 17.1 Å². The van der Waals surface area contributed by atoms with Gasteiger partial charge in [-0.15, -0.1) is 0 Å². The molecule has 3 aromatic carbocycles. The molecule has 0 aliphatic rings. The average Bonchev–Trinajstić information content (AvgIpc) is 2.82. The van der Waals surface area contributed by atoms with E-state index in [1.165, 1.54) is 18.2 Å². The average molecular weight is 510 g/mol. The van der Waals surface area contributed by atoms with Crippen LogP contribution in [0, 0.1) is 0 Å². The zero-order chi connectivity index (χ0) is 26.5. The van der Waals surface area contributed by atoms with Crippen LogP contribution in [0.2, 0.25) is 0 Å². The number of ether oxygens (including phenoxy) is 1. The van der Waals surface area contributed by atoms with Crippen LogP contribution in [0.5, 0.6) is 5.75 Å². The lowest BCUT2D eigenvalue weighted by molar-refractivity contribution is -0.143. The molecule has 0 aliphatic carbocycles. The van der Waals surface area contributed by atoms with Crippen LogP contribution >= 0.6 is 0 Å². The number of anilines is 1. The highest BCUT2D eigenvalue weighted by molar-refractivity contribution is 6.04. The van der Waals surface area contributed by atoms with Crippen LogP contribution in [0.1, 0.15) is 40.0 Å². The molecule has 0 saturated carbocycles. The van der Waals surface area contributed by atoms with Crippen molar-refractivity contribution < 1.29 is 40.7 Å². The number of para-hydroxylation sites is 1. The second kappa shape index (κ2) is 10.7. The number of carbonyl (C=O) groups is 2. The largest absolute Gasteiger partial charge is 0.484 e. The van der Waals surface area contributed by atoms with Gasteiger partial charge in [-0.3, -0.25) is 9.59 Å². The van der Waals surface area contributed by atoms with Crippen LogP contribution in [-0.4, -0.2) is 18.4 Å². The maximum absolute atomic E-state index is 13.0. The van der Waals surface area contributed by atoms with Gasteiger partial charge in [0.05, 0.1) is 28.4 Å². The first kappa shape index (κ1) is 26.6. The predicted octanol–water partition coefficient (Wildman–Crippen LogP) is 6.23. The van der Waals surface area contributed by atoms with Crippen molar-refractivity contribution in [3.05, 3.63) is 95.1 Å². The van der Waals surface area contributed by atoms with Crippen molar-refractivity contribution in [2.24, 2.45) is 0 Å². The summed E-state index contributed by atoms with van der Waals surface area (Å²) in [7, 11) is 0. The van der Waals surface area contributed by atoms with Crippen molar-refractivity contribution in [3.8, 4) is 5.75 Å². The zero-order valence-corrected chi connectivity index (χ0v) is 18.7. The number of carbonyl (C=O) groups excluding carboxylic acids is 2. The van der Waals surface area contributed by atoms with Crippen LogP contribution in [0.15, 0.2) is 72.8 Å². The molecule has 1 atom stereocenters. The summed E-state index contributed by atoms with van der Waals surface area (Å²) < 4.78 is 82.9. The third kappa shape index (κ3) is 7.00. The molecule has 190 valence electrons. The Bertz CT molecular complexity index is 1190. The Morgan fingerprint density at radius 3 is 1.97 bits per heavy atom. The second-order valence-corrected chi connectivity index (χ2v) is 7.73. The number of hydrogen-bond acceptors (Lipinski definition) is 3. The number of amides is 2. The van der Waals surface area contributed by atoms with Crippen LogP contribution in [0.4, 0.5) is 32.0 Å². The molecule has 0 fully saturated rings. The van der Waals surface area contributed by atoms with E-state index in [0.29, 0.717) is 12.1 Å². The molecule has 3 aromatic rings. The summed E-state index contributed by atoms with van der Waals surface area (Å²) in [6.45, 7) is 0.877. The molecular formula is C25H20F6N2O3. The van der Waals surface area contributed by atoms with Gasteiger partial charge in [0.1, 0.15) is 5.75 Å². The molecule has 0 aliphatic heterocycles. The van der Waals surface area contributed by atoms with Gasteiger partial charge in [0.15, 0.2) is 6.61 Å². The van der Waals surface area contributed by atoms with E-state index in [9.17, 15) is 35.9 Å². The molecule has 0 unspecified atom stereocenters. The topological polar surface area (TPSA) is 67.4 Å². The summed E-state index contributed by atoms with van der Waals surface area (Å²) in [6, 6.07) is 15.4. The van der Waals surface area contributed by atoms with Gasteiger partial charge in [-0.1, -0.05) is 42.5 Å². The number of hydrogen-bond donors (Lipinski definition) is 2. The van der Waals surface area contributed by atoms with Crippen LogP contribution in [0.3, 0.4) is 0 Å². The normalized spacial score (nSPS) is 12.5. The standard InChI is InChI=1S/C25H20F6N2O3/c1-15(16-7-3-2-4-8-16)32-23(35)20-9-5-6-10-21(20)33-22(34)14-36-19-12-17(24(26,27)28)11-18(13-19)25(29,30)31/h2-13,15H,14H2,1H3,(H,32,35)(H,33,34)/t15-/m0/s1. The second-order valence-electron chi connectivity index (χ2n) is 7.73. The van der Waals surface area contributed by atoms with Crippen molar-refractivity contribution in [1.29, 1.82) is 0 Å². The Labute approximate surface area is 202 Å². The Balaban J connectivity index is 1.70. The lowest BCUT2D eigenvalue weighted by Gasteiger charge is -2.17. The number of benzene rings is 3. The van der Waals surface area contributed by atoms with Gasteiger partial charge in [-0.25, -0.2) is 0 Å². The number of halogens is 6. The van der Waals surface area contributed by atoms with Gasteiger partial charge in [-0.05, 0) is 42.8 Å². The Morgan fingerprint density at radius 2 is 1.39 bits per heavy atom. The molecular weight excluding hydrogens is 490 g/mol. The quantitative estimate of drug-likeness (QED) is 0.370.